The molecule has 1 rings (SSSR count). The summed E-state index contributed by atoms with van der Waals surface area (Å²) in [5.41, 5.74) is 0. The van der Waals surface area contributed by atoms with Gasteiger partial charge in [-0.25, -0.2) is 0 Å². The van der Waals surface area contributed by atoms with Crippen molar-refractivity contribution in [2.75, 3.05) is 26.8 Å². The number of carbonyl (C=O) groups excluding carboxylic acids is 1. The lowest BCUT2D eigenvalue weighted by molar-refractivity contribution is -0.128. The minimum absolute atomic E-state index is 0.102. The second-order valence-corrected chi connectivity index (χ2v) is 3.46. The maximum absolute atomic E-state index is 10.8. The number of rotatable bonds is 5. The standard InChI is InChI=1S/C9H17NO2/c1-8(11)10(2)5-6-12-7-9-3-4-9/h9H,3-7H2,1-2H3. The zero-order chi connectivity index (χ0) is 8.97. The first-order chi connectivity index (χ1) is 5.70. The van der Waals surface area contributed by atoms with Crippen LogP contribution in [0.5, 0.6) is 0 Å². The van der Waals surface area contributed by atoms with Crippen LogP contribution in [0.3, 0.4) is 0 Å². The Labute approximate surface area is 73.7 Å². The van der Waals surface area contributed by atoms with E-state index >= 15 is 0 Å². The fraction of sp³-hybridized carbons (Fsp3) is 0.889. The van der Waals surface area contributed by atoms with E-state index in [1.165, 1.54) is 12.8 Å². The highest BCUT2D eigenvalue weighted by molar-refractivity contribution is 5.72. The Bertz CT molecular complexity index is 155. The van der Waals surface area contributed by atoms with Gasteiger partial charge in [0.1, 0.15) is 0 Å². The summed E-state index contributed by atoms with van der Waals surface area (Å²) in [5, 5.41) is 0. The molecule has 0 aliphatic heterocycles. The predicted octanol–water partition coefficient (Wildman–Crippen LogP) is 0.891. The van der Waals surface area contributed by atoms with Crippen LogP contribution in [-0.4, -0.2) is 37.6 Å². The summed E-state index contributed by atoms with van der Waals surface area (Å²) in [6.45, 7) is 3.83. The van der Waals surface area contributed by atoms with E-state index in [1.54, 1.807) is 18.9 Å². The molecule has 70 valence electrons. The topological polar surface area (TPSA) is 29.5 Å². The molecular weight excluding hydrogens is 154 g/mol. The van der Waals surface area contributed by atoms with Gasteiger partial charge in [0.2, 0.25) is 5.91 Å². The Morgan fingerprint density at radius 1 is 1.58 bits per heavy atom. The lowest BCUT2D eigenvalue weighted by Gasteiger charge is -2.14. The number of hydrogen-bond acceptors (Lipinski definition) is 2. The molecule has 0 radical (unpaired) electrons. The minimum atomic E-state index is 0.102. The second kappa shape index (κ2) is 4.45. The summed E-state index contributed by atoms with van der Waals surface area (Å²) in [7, 11) is 1.79. The normalized spacial score (nSPS) is 16.2. The number of ether oxygens (including phenoxy) is 1. The van der Waals surface area contributed by atoms with Gasteiger partial charge in [0, 0.05) is 27.1 Å². The van der Waals surface area contributed by atoms with Gasteiger partial charge >= 0.3 is 0 Å². The van der Waals surface area contributed by atoms with Crippen LogP contribution >= 0.6 is 0 Å². The smallest absolute Gasteiger partial charge is 0.219 e. The third-order valence-corrected chi connectivity index (χ3v) is 2.16. The molecule has 0 aromatic heterocycles. The van der Waals surface area contributed by atoms with Gasteiger partial charge in [0.05, 0.1) is 6.61 Å². The van der Waals surface area contributed by atoms with Crippen molar-refractivity contribution in [1.29, 1.82) is 0 Å². The highest BCUT2D eigenvalue weighted by Crippen LogP contribution is 2.28. The Balaban J connectivity index is 1.89. The third kappa shape index (κ3) is 3.72. The van der Waals surface area contributed by atoms with E-state index in [2.05, 4.69) is 0 Å². The summed E-state index contributed by atoms with van der Waals surface area (Å²) in [4.78, 5) is 12.4. The van der Waals surface area contributed by atoms with Crippen molar-refractivity contribution in [3.05, 3.63) is 0 Å². The molecular formula is C9H17NO2. The van der Waals surface area contributed by atoms with Crippen molar-refractivity contribution in [1.82, 2.24) is 4.90 Å². The van der Waals surface area contributed by atoms with Gasteiger partial charge in [-0.2, -0.15) is 0 Å². The lowest BCUT2D eigenvalue weighted by Crippen LogP contribution is -2.27. The number of nitrogens with zero attached hydrogens (tertiary/aromatic N) is 1. The van der Waals surface area contributed by atoms with Crippen molar-refractivity contribution in [3.8, 4) is 0 Å². The zero-order valence-corrected chi connectivity index (χ0v) is 7.88. The highest BCUT2D eigenvalue weighted by Gasteiger charge is 2.20. The first kappa shape index (κ1) is 9.52. The quantitative estimate of drug-likeness (QED) is 0.575. The van der Waals surface area contributed by atoms with Crippen molar-refractivity contribution in [2.45, 2.75) is 19.8 Å². The third-order valence-electron chi connectivity index (χ3n) is 2.16. The zero-order valence-electron chi connectivity index (χ0n) is 7.88. The maximum Gasteiger partial charge on any atom is 0.219 e. The SMILES string of the molecule is CC(=O)N(C)CCOCC1CC1. The molecule has 3 nitrogen and oxygen atoms in total. The van der Waals surface area contributed by atoms with Crippen LogP contribution in [0.25, 0.3) is 0 Å². The van der Waals surface area contributed by atoms with Crippen molar-refractivity contribution >= 4 is 5.91 Å². The molecule has 0 N–H and O–H groups in total. The fourth-order valence-electron chi connectivity index (χ4n) is 0.893. The monoisotopic (exact) mass is 171 g/mol. The van der Waals surface area contributed by atoms with Gasteiger partial charge in [0.25, 0.3) is 0 Å². The van der Waals surface area contributed by atoms with Crippen LogP contribution in [0.4, 0.5) is 0 Å². The molecule has 0 heterocycles. The van der Waals surface area contributed by atoms with E-state index in [-0.39, 0.29) is 5.91 Å². The van der Waals surface area contributed by atoms with E-state index in [4.69, 9.17) is 4.74 Å². The van der Waals surface area contributed by atoms with Gasteiger partial charge in [-0.1, -0.05) is 0 Å². The molecule has 0 unspecified atom stereocenters. The number of hydrogen-bond donors (Lipinski definition) is 0. The van der Waals surface area contributed by atoms with Crippen molar-refractivity contribution in [2.24, 2.45) is 5.92 Å². The van der Waals surface area contributed by atoms with Gasteiger partial charge in [-0.05, 0) is 18.8 Å². The second-order valence-electron chi connectivity index (χ2n) is 3.46. The van der Waals surface area contributed by atoms with Crippen LogP contribution in [0.1, 0.15) is 19.8 Å². The molecule has 0 aromatic carbocycles. The van der Waals surface area contributed by atoms with Gasteiger partial charge in [0.15, 0.2) is 0 Å². The van der Waals surface area contributed by atoms with Crippen molar-refractivity contribution in [3.63, 3.8) is 0 Å². The average molecular weight is 171 g/mol. The summed E-state index contributed by atoms with van der Waals surface area (Å²) < 4.78 is 5.38. The van der Waals surface area contributed by atoms with E-state index in [1.807, 2.05) is 0 Å². The van der Waals surface area contributed by atoms with E-state index in [0.29, 0.717) is 13.2 Å². The molecule has 1 aliphatic rings. The number of likely N-dealkylation sites (N-methyl/N-ethyl adjacent to an activating group) is 1. The van der Waals surface area contributed by atoms with Crippen LogP contribution in [0.2, 0.25) is 0 Å². The molecule has 1 fully saturated rings. The van der Waals surface area contributed by atoms with E-state index < -0.39 is 0 Å². The Hall–Kier alpha value is -0.570. The number of amides is 1. The molecule has 0 bridgehead atoms. The minimum Gasteiger partial charge on any atom is -0.379 e. The lowest BCUT2D eigenvalue weighted by atomic mass is 10.5. The molecule has 1 saturated carbocycles. The van der Waals surface area contributed by atoms with Gasteiger partial charge in [-0.15, -0.1) is 0 Å². The van der Waals surface area contributed by atoms with Gasteiger partial charge in [-0.3, -0.25) is 4.79 Å². The Kier molecular flexibility index (Phi) is 3.53. The summed E-state index contributed by atoms with van der Waals surface area (Å²) in [6, 6.07) is 0. The molecule has 0 atom stereocenters. The van der Waals surface area contributed by atoms with Crippen LogP contribution in [0.15, 0.2) is 0 Å². The molecule has 1 aliphatic carbocycles. The largest absolute Gasteiger partial charge is 0.379 e. The first-order valence-electron chi connectivity index (χ1n) is 4.49. The van der Waals surface area contributed by atoms with Crippen LogP contribution < -0.4 is 0 Å². The van der Waals surface area contributed by atoms with E-state index in [9.17, 15) is 4.79 Å². The summed E-state index contributed by atoms with van der Waals surface area (Å²) in [5.74, 6) is 0.914. The summed E-state index contributed by atoms with van der Waals surface area (Å²) >= 11 is 0. The van der Waals surface area contributed by atoms with Crippen LogP contribution in [-0.2, 0) is 9.53 Å². The Morgan fingerprint density at radius 2 is 2.25 bits per heavy atom. The molecule has 1 amide bonds. The molecule has 0 saturated heterocycles. The molecule has 0 aromatic rings. The van der Waals surface area contributed by atoms with Gasteiger partial charge < -0.3 is 9.64 Å². The average Bonchev–Trinajstić information content (AvgIpc) is 2.80. The highest BCUT2D eigenvalue weighted by atomic mass is 16.5. The van der Waals surface area contributed by atoms with E-state index in [0.717, 1.165) is 12.5 Å². The molecule has 3 heteroatoms. The van der Waals surface area contributed by atoms with Crippen LogP contribution in [0, 0.1) is 5.92 Å². The first-order valence-corrected chi connectivity index (χ1v) is 4.49. The summed E-state index contributed by atoms with van der Waals surface area (Å²) in [6.07, 6.45) is 2.64. The molecule has 12 heavy (non-hydrogen) atoms. The predicted molar refractivity (Wildman–Crippen MR) is 46.9 cm³/mol. The Morgan fingerprint density at radius 3 is 2.75 bits per heavy atom. The maximum atomic E-state index is 10.8. The molecule has 0 spiro atoms. The fourth-order valence-corrected chi connectivity index (χ4v) is 0.893. The number of carbonyl (C=O) groups is 1. The van der Waals surface area contributed by atoms with Crippen molar-refractivity contribution < 1.29 is 9.53 Å².